The van der Waals surface area contributed by atoms with Crippen LogP contribution in [0.3, 0.4) is 0 Å². The molecule has 1 aliphatic rings. The van der Waals surface area contributed by atoms with Gasteiger partial charge in [0, 0.05) is 4.47 Å². The molecule has 1 heterocycles. The average Bonchev–Trinajstić information content (AvgIpc) is 2.30. The summed E-state index contributed by atoms with van der Waals surface area (Å²) in [5.41, 5.74) is 1.49. The fraction of sp³-hybridized carbons (Fsp3) is 0.273. The number of carbonyl (C=O) groups is 2. The van der Waals surface area contributed by atoms with Crippen LogP contribution in [-0.2, 0) is 14.3 Å². The zero-order valence-electron chi connectivity index (χ0n) is 9.12. The maximum absolute atomic E-state index is 11.7. The molecule has 2 N–H and O–H groups in total. The van der Waals surface area contributed by atoms with E-state index < -0.39 is 12.0 Å². The highest BCUT2D eigenvalue weighted by molar-refractivity contribution is 9.10. The summed E-state index contributed by atoms with van der Waals surface area (Å²) in [5, 5.41) is 5.75. The Morgan fingerprint density at radius 2 is 2.24 bits per heavy atom. The third-order valence-corrected chi connectivity index (χ3v) is 2.98. The lowest BCUT2D eigenvalue weighted by molar-refractivity contribution is -0.142. The molecule has 0 unspecified atom stereocenters. The van der Waals surface area contributed by atoms with Gasteiger partial charge in [-0.05, 0) is 18.2 Å². The number of ether oxygens (including phenoxy) is 1. The predicted molar refractivity (Wildman–Crippen MR) is 66.8 cm³/mol. The van der Waals surface area contributed by atoms with Gasteiger partial charge in [-0.25, -0.2) is 0 Å². The number of fused-ring (bicyclic) bond motifs is 1. The zero-order valence-corrected chi connectivity index (χ0v) is 10.7. The monoisotopic (exact) mass is 298 g/mol. The first-order valence-electron chi connectivity index (χ1n) is 5.04. The Hall–Kier alpha value is -1.56. The predicted octanol–water partition coefficient (Wildman–Crippen LogP) is 1.74. The standard InChI is InChI=1S/C11H11BrN2O3/c1-17-10(15)5-9-11(16)14-7-3-2-6(12)4-8(7)13-9/h2-4,9,13H,5H2,1H3,(H,14,16)/t9-/m0/s1. The van der Waals surface area contributed by atoms with Crippen LogP contribution >= 0.6 is 15.9 Å². The first-order valence-corrected chi connectivity index (χ1v) is 5.83. The summed E-state index contributed by atoms with van der Waals surface area (Å²) in [6.07, 6.45) is 0.00822. The van der Waals surface area contributed by atoms with E-state index in [2.05, 4.69) is 31.3 Å². The van der Waals surface area contributed by atoms with Crippen molar-refractivity contribution in [3.05, 3.63) is 22.7 Å². The second-order valence-corrected chi connectivity index (χ2v) is 4.57. The van der Waals surface area contributed by atoms with Crippen molar-refractivity contribution in [3.8, 4) is 0 Å². The minimum atomic E-state index is -0.593. The van der Waals surface area contributed by atoms with Crippen LogP contribution in [0.15, 0.2) is 22.7 Å². The molecule has 1 atom stereocenters. The molecule has 6 heteroatoms. The number of esters is 1. The lowest BCUT2D eigenvalue weighted by atomic mass is 10.1. The van der Waals surface area contributed by atoms with E-state index in [-0.39, 0.29) is 12.3 Å². The van der Waals surface area contributed by atoms with E-state index >= 15 is 0 Å². The minimum Gasteiger partial charge on any atom is -0.469 e. The minimum absolute atomic E-state index is 0.00822. The van der Waals surface area contributed by atoms with Crippen molar-refractivity contribution in [2.75, 3.05) is 17.7 Å². The number of benzene rings is 1. The largest absolute Gasteiger partial charge is 0.469 e. The maximum atomic E-state index is 11.7. The van der Waals surface area contributed by atoms with Gasteiger partial charge >= 0.3 is 5.97 Å². The molecular formula is C11H11BrN2O3. The molecule has 5 nitrogen and oxygen atoms in total. The Balaban J connectivity index is 2.19. The summed E-state index contributed by atoms with van der Waals surface area (Å²) in [5.74, 6) is -0.652. The van der Waals surface area contributed by atoms with Gasteiger partial charge < -0.3 is 15.4 Å². The number of carbonyl (C=O) groups excluding carboxylic acids is 2. The molecule has 0 saturated heterocycles. The Morgan fingerprint density at radius 1 is 1.47 bits per heavy atom. The van der Waals surface area contributed by atoms with Crippen LogP contribution in [0.5, 0.6) is 0 Å². The number of hydrogen-bond acceptors (Lipinski definition) is 4. The van der Waals surface area contributed by atoms with Crippen LogP contribution in [0.25, 0.3) is 0 Å². The van der Waals surface area contributed by atoms with Gasteiger partial charge in [0.25, 0.3) is 0 Å². The number of methoxy groups -OCH3 is 1. The smallest absolute Gasteiger partial charge is 0.308 e. The molecule has 0 saturated carbocycles. The van der Waals surface area contributed by atoms with Crippen molar-refractivity contribution < 1.29 is 14.3 Å². The van der Waals surface area contributed by atoms with Crippen molar-refractivity contribution >= 4 is 39.2 Å². The maximum Gasteiger partial charge on any atom is 0.308 e. The van der Waals surface area contributed by atoms with Crippen molar-refractivity contribution in [2.24, 2.45) is 0 Å². The van der Waals surface area contributed by atoms with Gasteiger partial charge in [-0.1, -0.05) is 15.9 Å². The molecule has 0 aromatic heterocycles. The first-order chi connectivity index (χ1) is 8.10. The summed E-state index contributed by atoms with van der Waals surface area (Å²) in [6, 6.07) is 4.88. The number of rotatable bonds is 2. The fourth-order valence-corrected chi connectivity index (χ4v) is 1.97. The Kier molecular flexibility index (Phi) is 3.33. The Bertz CT molecular complexity index is 476. The van der Waals surface area contributed by atoms with E-state index in [4.69, 9.17) is 0 Å². The highest BCUT2D eigenvalue weighted by atomic mass is 79.9. The van der Waals surface area contributed by atoms with Gasteiger partial charge in [0.15, 0.2) is 0 Å². The molecular weight excluding hydrogens is 288 g/mol. The summed E-state index contributed by atoms with van der Waals surface area (Å²) in [7, 11) is 1.30. The van der Waals surface area contributed by atoms with Gasteiger partial charge in [-0.2, -0.15) is 0 Å². The van der Waals surface area contributed by atoms with Crippen molar-refractivity contribution in [2.45, 2.75) is 12.5 Å². The molecule has 2 rings (SSSR count). The lowest BCUT2D eigenvalue weighted by Gasteiger charge is -2.26. The van der Waals surface area contributed by atoms with E-state index in [0.717, 1.165) is 10.2 Å². The van der Waals surface area contributed by atoms with Crippen LogP contribution in [0.1, 0.15) is 6.42 Å². The number of anilines is 2. The molecule has 1 aliphatic heterocycles. The van der Waals surface area contributed by atoms with Crippen molar-refractivity contribution in [3.63, 3.8) is 0 Å². The van der Waals surface area contributed by atoms with Crippen LogP contribution < -0.4 is 10.6 Å². The van der Waals surface area contributed by atoms with Crippen molar-refractivity contribution in [1.82, 2.24) is 0 Å². The van der Waals surface area contributed by atoms with Crippen LogP contribution in [-0.4, -0.2) is 25.0 Å². The fourth-order valence-electron chi connectivity index (χ4n) is 1.61. The third kappa shape index (κ3) is 2.58. The highest BCUT2D eigenvalue weighted by Crippen LogP contribution is 2.30. The van der Waals surface area contributed by atoms with E-state index in [1.165, 1.54) is 7.11 Å². The molecule has 17 heavy (non-hydrogen) atoms. The number of nitrogens with one attached hydrogen (secondary N) is 2. The van der Waals surface area contributed by atoms with Crippen LogP contribution in [0.2, 0.25) is 0 Å². The third-order valence-electron chi connectivity index (χ3n) is 2.48. The summed E-state index contributed by atoms with van der Waals surface area (Å²) in [6.45, 7) is 0. The molecule has 1 aromatic carbocycles. The molecule has 0 radical (unpaired) electrons. The SMILES string of the molecule is COC(=O)C[C@@H]1Nc2cc(Br)ccc2NC1=O. The first kappa shape index (κ1) is 11.9. The molecule has 1 amide bonds. The van der Waals surface area contributed by atoms with Gasteiger partial charge in [-0.15, -0.1) is 0 Å². The molecule has 1 aromatic rings. The Morgan fingerprint density at radius 3 is 2.94 bits per heavy atom. The quantitative estimate of drug-likeness (QED) is 0.816. The van der Waals surface area contributed by atoms with Crippen LogP contribution in [0.4, 0.5) is 11.4 Å². The highest BCUT2D eigenvalue weighted by Gasteiger charge is 2.27. The average molecular weight is 299 g/mol. The van der Waals surface area contributed by atoms with E-state index in [1.807, 2.05) is 12.1 Å². The molecule has 0 spiro atoms. The summed E-state index contributed by atoms with van der Waals surface area (Å²) < 4.78 is 5.44. The van der Waals surface area contributed by atoms with Gasteiger partial charge in [0.2, 0.25) is 5.91 Å². The van der Waals surface area contributed by atoms with Crippen LogP contribution in [0, 0.1) is 0 Å². The second kappa shape index (κ2) is 4.75. The van der Waals surface area contributed by atoms with E-state index in [0.29, 0.717) is 5.69 Å². The van der Waals surface area contributed by atoms with Gasteiger partial charge in [-0.3, -0.25) is 9.59 Å². The number of halogens is 1. The molecule has 90 valence electrons. The molecule has 0 fully saturated rings. The van der Waals surface area contributed by atoms with Crippen molar-refractivity contribution in [1.29, 1.82) is 0 Å². The Labute approximate surface area is 107 Å². The summed E-state index contributed by atoms with van der Waals surface area (Å²) >= 11 is 3.35. The van der Waals surface area contributed by atoms with E-state index in [1.54, 1.807) is 6.07 Å². The second-order valence-electron chi connectivity index (χ2n) is 3.66. The lowest BCUT2D eigenvalue weighted by Crippen LogP contribution is -2.40. The van der Waals surface area contributed by atoms with Gasteiger partial charge in [0.1, 0.15) is 6.04 Å². The molecule has 0 bridgehead atoms. The van der Waals surface area contributed by atoms with Gasteiger partial charge in [0.05, 0.1) is 24.9 Å². The van der Waals surface area contributed by atoms with E-state index in [9.17, 15) is 9.59 Å². The zero-order chi connectivity index (χ0) is 12.4. The number of hydrogen-bond donors (Lipinski definition) is 2. The number of amides is 1. The summed E-state index contributed by atoms with van der Waals surface area (Å²) in [4.78, 5) is 22.9. The topological polar surface area (TPSA) is 67.4 Å². The normalized spacial score (nSPS) is 17.8. The molecule has 0 aliphatic carbocycles.